The molecule has 1 aliphatic heterocycles. The zero-order valence-electron chi connectivity index (χ0n) is 11.4. The highest BCUT2D eigenvalue weighted by molar-refractivity contribution is 7.91. The van der Waals surface area contributed by atoms with Crippen LogP contribution in [0.15, 0.2) is 24.5 Å². The number of nitrogens with zero attached hydrogens (tertiary/aromatic N) is 1. The number of hydrogen-bond donors (Lipinski definition) is 2. The van der Waals surface area contributed by atoms with E-state index in [1.165, 1.54) is 0 Å². The van der Waals surface area contributed by atoms with E-state index in [1.54, 1.807) is 12.4 Å². The van der Waals surface area contributed by atoms with Gasteiger partial charge >= 0.3 is 0 Å². The lowest BCUT2D eigenvalue weighted by molar-refractivity contribution is -0.122. The molecule has 7 heteroatoms. The van der Waals surface area contributed by atoms with E-state index < -0.39 is 9.84 Å². The first kappa shape index (κ1) is 14.9. The van der Waals surface area contributed by atoms with Crippen LogP contribution in [-0.2, 0) is 14.6 Å². The van der Waals surface area contributed by atoms with Gasteiger partial charge in [-0.15, -0.1) is 0 Å². The molecule has 0 saturated carbocycles. The van der Waals surface area contributed by atoms with Crippen LogP contribution in [0.1, 0.15) is 24.9 Å². The summed E-state index contributed by atoms with van der Waals surface area (Å²) in [6, 6.07) is 3.26. The summed E-state index contributed by atoms with van der Waals surface area (Å²) < 4.78 is 23.0. The van der Waals surface area contributed by atoms with Gasteiger partial charge in [-0.1, -0.05) is 6.07 Å². The summed E-state index contributed by atoms with van der Waals surface area (Å²) in [5.41, 5.74) is 0.921. The van der Waals surface area contributed by atoms with Crippen molar-refractivity contribution in [2.24, 2.45) is 0 Å². The van der Waals surface area contributed by atoms with Crippen molar-refractivity contribution in [3.05, 3.63) is 30.1 Å². The van der Waals surface area contributed by atoms with Gasteiger partial charge in [0.15, 0.2) is 9.84 Å². The monoisotopic (exact) mass is 297 g/mol. The van der Waals surface area contributed by atoms with E-state index in [9.17, 15) is 13.2 Å². The zero-order valence-corrected chi connectivity index (χ0v) is 12.2. The fourth-order valence-electron chi connectivity index (χ4n) is 2.24. The van der Waals surface area contributed by atoms with Crippen LogP contribution in [0, 0.1) is 0 Å². The SMILES string of the molecule is C[C@@H](NC(=O)CC1CS(=O)(=O)CCN1)c1cccnc1. The maximum Gasteiger partial charge on any atom is 0.222 e. The van der Waals surface area contributed by atoms with Crippen LogP contribution in [0.3, 0.4) is 0 Å². The number of hydrogen-bond acceptors (Lipinski definition) is 5. The molecule has 20 heavy (non-hydrogen) atoms. The third kappa shape index (κ3) is 4.28. The molecular formula is C13H19N3O3S. The molecule has 1 aromatic heterocycles. The molecule has 0 aromatic carbocycles. The first-order valence-corrected chi connectivity index (χ1v) is 8.41. The number of carbonyl (C=O) groups excluding carboxylic acids is 1. The Labute approximate surface area is 118 Å². The summed E-state index contributed by atoms with van der Waals surface area (Å²) in [5, 5.41) is 5.92. The highest BCUT2D eigenvalue weighted by Crippen LogP contribution is 2.11. The predicted molar refractivity (Wildman–Crippen MR) is 75.9 cm³/mol. The topological polar surface area (TPSA) is 88.2 Å². The Morgan fingerprint density at radius 3 is 3.05 bits per heavy atom. The summed E-state index contributed by atoms with van der Waals surface area (Å²) in [6.07, 6.45) is 3.55. The van der Waals surface area contributed by atoms with E-state index in [-0.39, 0.29) is 35.9 Å². The summed E-state index contributed by atoms with van der Waals surface area (Å²) in [4.78, 5) is 15.9. The van der Waals surface area contributed by atoms with Gasteiger partial charge in [0.1, 0.15) is 0 Å². The highest BCUT2D eigenvalue weighted by Gasteiger charge is 2.26. The predicted octanol–water partition coefficient (Wildman–Crippen LogP) is 0.0355. The molecule has 0 aliphatic carbocycles. The normalized spacial score (nSPS) is 22.9. The zero-order chi connectivity index (χ0) is 14.6. The minimum absolute atomic E-state index is 0.0295. The minimum Gasteiger partial charge on any atom is -0.349 e. The molecule has 0 spiro atoms. The first-order chi connectivity index (χ1) is 9.46. The molecule has 1 saturated heterocycles. The van der Waals surface area contributed by atoms with Crippen LogP contribution in [0.4, 0.5) is 0 Å². The number of rotatable bonds is 4. The van der Waals surface area contributed by atoms with Gasteiger partial charge in [-0.05, 0) is 18.6 Å². The second-order valence-corrected chi connectivity index (χ2v) is 7.27. The van der Waals surface area contributed by atoms with Crippen molar-refractivity contribution in [3.63, 3.8) is 0 Å². The lowest BCUT2D eigenvalue weighted by Crippen LogP contribution is -2.47. The summed E-state index contributed by atoms with van der Waals surface area (Å²) >= 11 is 0. The number of aromatic nitrogens is 1. The van der Waals surface area contributed by atoms with Crippen molar-refractivity contribution in [2.75, 3.05) is 18.1 Å². The van der Waals surface area contributed by atoms with Gasteiger partial charge in [-0.2, -0.15) is 0 Å². The van der Waals surface area contributed by atoms with E-state index in [1.807, 2.05) is 19.1 Å². The van der Waals surface area contributed by atoms with Crippen molar-refractivity contribution in [1.29, 1.82) is 0 Å². The second-order valence-electron chi connectivity index (χ2n) is 5.05. The Balaban J connectivity index is 1.86. The Hall–Kier alpha value is -1.47. The molecule has 0 radical (unpaired) electrons. The fraction of sp³-hybridized carbons (Fsp3) is 0.538. The van der Waals surface area contributed by atoms with Crippen molar-refractivity contribution in [1.82, 2.24) is 15.6 Å². The Bertz CT molecular complexity index is 559. The number of pyridine rings is 1. The summed E-state index contributed by atoms with van der Waals surface area (Å²) in [6.45, 7) is 2.29. The number of amides is 1. The summed E-state index contributed by atoms with van der Waals surface area (Å²) in [7, 11) is -3.01. The van der Waals surface area contributed by atoms with Crippen molar-refractivity contribution < 1.29 is 13.2 Å². The molecule has 1 amide bonds. The Morgan fingerprint density at radius 2 is 2.40 bits per heavy atom. The van der Waals surface area contributed by atoms with Crippen LogP contribution in [-0.4, -0.2) is 43.4 Å². The van der Waals surface area contributed by atoms with E-state index >= 15 is 0 Å². The lowest BCUT2D eigenvalue weighted by Gasteiger charge is -2.24. The van der Waals surface area contributed by atoms with Gasteiger partial charge in [0.2, 0.25) is 5.91 Å². The molecule has 0 bridgehead atoms. The van der Waals surface area contributed by atoms with Crippen LogP contribution < -0.4 is 10.6 Å². The largest absolute Gasteiger partial charge is 0.349 e. The molecule has 1 fully saturated rings. The molecule has 2 rings (SSSR count). The van der Waals surface area contributed by atoms with Crippen LogP contribution in [0.5, 0.6) is 0 Å². The first-order valence-electron chi connectivity index (χ1n) is 6.59. The minimum atomic E-state index is -3.01. The maximum absolute atomic E-state index is 11.9. The highest BCUT2D eigenvalue weighted by atomic mass is 32.2. The number of sulfone groups is 1. The fourth-order valence-corrected chi connectivity index (χ4v) is 3.68. The van der Waals surface area contributed by atoms with Gasteiger partial charge in [-0.25, -0.2) is 8.42 Å². The Morgan fingerprint density at radius 1 is 1.60 bits per heavy atom. The molecular weight excluding hydrogens is 278 g/mol. The van der Waals surface area contributed by atoms with Crippen molar-refractivity contribution in [2.45, 2.75) is 25.4 Å². The second kappa shape index (κ2) is 6.32. The number of carbonyl (C=O) groups is 1. The van der Waals surface area contributed by atoms with Crippen LogP contribution >= 0.6 is 0 Å². The Kier molecular flexibility index (Phi) is 4.72. The van der Waals surface area contributed by atoms with Crippen molar-refractivity contribution in [3.8, 4) is 0 Å². The van der Waals surface area contributed by atoms with Crippen LogP contribution in [0.2, 0.25) is 0 Å². The molecule has 2 N–H and O–H groups in total. The van der Waals surface area contributed by atoms with E-state index in [2.05, 4.69) is 15.6 Å². The standard InChI is InChI=1S/C13H19N3O3S/c1-10(11-3-2-4-14-8-11)16-13(17)7-12-9-20(18,19)6-5-15-12/h2-4,8,10,12,15H,5-7,9H2,1H3,(H,16,17)/t10-,12?/m1/s1. The molecule has 1 aliphatic rings. The van der Waals surface area contributed by atoms with E-state index in [4.69, 9.17) is 0 Å². The summed E-state index contributed by atoms with van der Waals surface area (Å²) in [5.74, 6) is 0.0229. The smallest absolute Gasteiger partial charge is 0.222 e. The molecule has 110 valence electrons. The molecule has 2 atom stereocenters. The molecule has 1 unspecified atom stereocenters. The van der Waals surface area contributed by atoms with Gasteiger partial charge < -0.3 is 10.6 Å². The third-order valence-corrected chi connectivity index (χ3v) is 5.03. The van der Waals surface area contributed by atoms with Crippen molar-refractivity contribution >= 4 is 15.7 Å². The van der Waals surface area contributed by atoms with Gasteiger partial charge in [0, 0.05) is 31.4 Å². The van der Waals surface area contributed by atoms with E-state index in [0.29, 0.717) is 6.54 Å². The third-order valence-electron chi connectivity index (χ3n) is 3.29. The van der Waals surface area contributed by atoms with Gasteiger partial charge in [0.25, 0.3) is 0 Å². The van der Waals surface area contributed by atoms with Gasteiger partial charge in [0.05, 0.1) is 17.5 Å². The molecule has 2 heterocycles. The van der Waals surface area contributed by atoms with E-state index in [0.717, 1.165) is 5.56 Å². The van der Waals surface area contributed by atoms with Crippen LogP contribution in [0.25, 0.3) is 0 Å². The maximum atomic E-state index is 11.9. The molecule has 6 nitrogen and oxygen atoms in total. The number of nitrogens with one attached hydrogen (secondary N) is 2. The lowest BCUT2D eigenvalue weighted by atomic mass is 10.1. The average Bonchev–Trinajstić information content (AvgIpc) is 2.38. The van der Waals surface area contributed by atoms with Gasteiger partial charge in [-0.3, -0.25) is 9.78 Å². The molecule has 1 aromatic rings. The average molecular weight is 297 g/mol. The quantitative estimate of drug-likeness (QED) is 0.819.